The molecule has 1 aliphatic heterocycles. The van der Waals surface area contributed by atoms with Gasteiger partial charge in [-0.05, 0) is 57.2 Å². The van der Waals surface area contributed by atoms with Crippen molar-refractivity contribution >= 4 is 52.4 Å². The number of anilines is 2. The molecular weight excluding hydrogens is 430 g/mol. The van der Waals surface area contributed by atoms with Gasteiger partial charge in [-0.15, -0.1) is 11.3 Å². The molecule has 0 saturated carbocycles. The maximum absolute atomic E-state index is 12.2. The molecule has 0 unspecified atom stereocenters. The molecule has 2 heterocycles. The Kier molecular flexibility index (Phi) is 6.52. The van der Waals surface area contributed by atoms with Gasteiger partial charge in [0.25, 0.3) is 5.91 Å². The summed E-state index contributed by atoms with van der Waals surface area (Å²) in [6, 6.07) is 10.0. The molecule has 1 fully saturated rings. The maximum atomic E-state index is 12.2. The lowest BCUT2D eigenvalue weighted by Crippen LogP contribution is -2.34. The number of carbonyl (C=O) groups is 3. The standard InChI is InChI=1S/C20H22ClN3O5S/c1-20(2,3)29-18(26)23-12-4-6-13(7-5-12)24-11-14(28-19(24)27)10-22-17(25)15-8-9-16(21)30-15/h4-9,14H,10-11H2,1-3H3,(H,22,25)(H,23,26)/t14-/m0/s1. The highest BCUT2D eigenvalue weighted by molar-refractivity contribution is 7.18. The number of carbonyl (C=O) groups excluding carboxylic acids is 3. The van der Waals surface area contributed by atoms with E-state index in [2.05, 4.69) is 10.6 Å². The smallest absolute Gasteiger partial charge is 0.414 e. The topological polar surface area (TPSA) is 97.0 Å². The van der Waals surface area contributed by atoms with Gasteiger partial charge in [0.15, 0.2) is 0 Å². The van der Waals surface area contributed by atoms with Gasteiger partial charge in [0.05, 0.1) is 22.3 Å². The second kappa shape index (κ2) is 8.93. The molecule has 3 amide bonds. The van der Waals surface area contributed by atoms with Crippen LogP contribution in [0.15, 0.2) is 36.4 Å². The molecule has 1 aromatic heterocycles. The first-order valence-corrected chi connectivity index (χ1v) is 10.4. The van der Waals surface area contributed by atoms with Crippen molar-refractivity contribution in [2.75, 3.05) is 23.3 Å². The van der Waals surface area contributed by atoms with E-state index < -0.39 is 23.9 Å². The van der Waals surface area contributed by atoms with Crippen molar-refractivity contribution in [2.24, 2.45) is 0 Å². The van der Waals surface area contributed by atoms with Crippen LogP contribution in [0, 0.1) is 0 Å². The molecule has 30 heavy (non-hydrogen) atoms. The summed E-state index contributed by atoms with van der Waals surface area (Å²) < 4.78 is 11.1. The summed E-state index contributed by atoms with van der Waals surface area (Å²) >= 11 is 7.02. The van der Waals surface area contributed by atoms with Crippen LogP contribution in [0.4, 0.5) is 21.0 Å². The zero-order valence-electron chi connectivity index (χ0n) is 16.7. The van der Waals surface area contributed by atoms with Crippen LogP contribution in [0.2, 0.25) is 4.34 Å². The minimum absolute atomic E-state index is 0.189. The Bertz CT molecular complexity index is 939. The molecule has 10 heteroatoms. The van der Waals surface area contributed by atoms with Crippen molar-refractivity contribution in [2.45, 2.75) is 32.5 Å². The number of hydrogen-bond donors (Lipinski definition) is 2. The SMILES string of the molecule is CC(C)(C)OC(=O)Nc1ccc(N2C[C@H](CNC(=O)c3ccc(Cl)s3)OC2=O)cc1. The quantitative estimate of drug-likeness (QED) is 0.697. The van der Waals surface area contributed by atoms with E-state index in [0.717, 1.165) is 0 Å². The van der Waals surface area contributed by atoms with E-state index in [1.807, 2.05) is 0 Å². The second-order valence-electron chi connectivity index (χ2n) is 7.60. The predicted octanol–water partition coefficient (Wildman–Crippen LogP) is 4.50. The molecule has 160 valence electrons. The molecule has 8 nitrogen and oxygen atoms in total. The summed E-state index contributed by atoms with van der Waals surface area (Å²) in [4.78, 5) is 38.1. The Labute approximate surface area is 183 Å². The summed E-state index contributed by atoms with van der Waals surface area (Å²) in [6.45, 7) is 5.83. The number of ether oxygens (including phenoxy) is 2. The maximum Gasteiger partial charge on any atom is 0.414 e. The highest BCUT2D eigenvalue weighted by atomic mass is 35.5. The van der Waals surface area contributed by atoms with Gasteiger partial charge >= 0.3 is 12.2 Å². The number of cyclic esters (lactones) is 1. The molecule has 1 atom stereocenters. The minimum atomic E-state index is -0.594. The van der Waals surface area contributed by atoms with Crippen molar-refractivity contribution < 1.29 is 23.9 Å². The van der Waals surface area contributed by atoms with Crippen molar-refractivity contribution in [3.8, 4) is 0 Å². The molecule has 2 N–H and O–H groups in total. The number of nitrogens with zero attached hydrogens (tertiary/aromatic N) is 1. The van der Waals surface area contributed by atoms with Crippen LogP contribution in [0.1, 0.15) is 30.4 Å². The highest BCUT2D eigenvalue weighted by Gasteiger charge is 2.32. The van der Waals surface area contributed by atoms with Crippen LogP contribution in [0.5, 0.6) is 0 Å². The van der Waals surface area contributed by atoms with Crippen molar-refractivity contribution in [3.63, 3.8) is 0 Å². The molecule has 1 saturated heterocycles. The number of nitrogens with one attached hydrogen (secondary N) is 2. The number of rotatable bonds is 5. The van der Waals surface area contributed by atoms with Crippen LogP contribution >= 0.6 is 22.9 Å². The Balaban J connectivity index is 1.53. The van der Waals surface area contributed by atoms with Gasteiger partial charge in [-0.25, -0.2) is 9.59 Å². The van der Waals surface area contributed by atoms with Gasteiger partial charge in [-0.2, -0.15) is 0 Å². The second-order valence-corrected chi connectivity index (χ2v) is 9.32. The largest absolute Gasteiger partial charge is 0.444 e. The fraction of sp³-hybridized carbons (Fsp3) is 0.350. The number of halogens is 1. The zero-order chi connectivity index (χ0) is 21.9. The third-order valence-corrected chi connectivity index (χ3v) is 5.22. The first-order chi connectivity index (χ1) is 14.1. The molecular formula is C20H22ClN3O5S. The van der Waals surface area contributed by atoms with Gasteiger partial charge in [0, 0.05) is 11.4 Å². The molecule has 1 aromatic carbocycles. The van der Waals surface area contributed by atoms with Crippen LogP contribution < -0.4 is 15.5 Å². The van der Waals surface area contributed by atoms with Crippen LogP contribution in [-0.2, 0) is 9.47 Å². The van der Waals surface area contributed by atoms with Crippen LogP contribution in [0.3, 0.4) is 0 Å². The van der Waals surface area contributed by atoms with Gasteiger partial charge in [0.1, 0.15) is 11.7 Å². The van der Waals surface area contributed by atoms with Gasteiger partial charge in [-0.3, -0.25) is 15.0 Å². The number of hydrogen-bond acceptors (Lipinski definition) is 6. The van der Waals surface area contributed by atoms with E-state index in [-0.39, 0.29) is 12.5 Å². The van der Waals surface area contributed by atoms with E-state index in [1.165, 1.54) is 16.2 Å². The molecule has 0 aliphatic carbocycles. The fourth-order valence-corrected chi connectivity index (χ4v) is 3.67. The Morgan fingerprint density at radius 2 is 1.93 bits per heavy atom. The molecule has 1 aliphatic rings. The Hall–Kier alpha value is -2.78. The van der Waals surface area contributed by atoms with E-state index >= 15 is 0 Å². The average molecular weight is 452 g/mol. The third-order valence-electron chi connectivity index (χ3n) is 3.99. The normalized spacial score (nSPS) is 16.2. The van der Waals surface area contributed by atoms with E-state index in [1.54, 1.807) is 57.2 Å². The Morgan fingerprint density at radius 1 is 1.23 bits per heavy atom. The van der Waals surface area contributed by atoms with Crippen molar-refractivity contribution in [3.05, 3.63) is 45.6 Å². The van der Waals surface area contributed by atoms with Crippen molar-refractivity contribution in [1.82, 2.24) is 5.32 Å². The summed E-state index contributed by atoms with van der Waals surface area (Å²) in [7, 11) is 0. The molecule has 3 rings (SSSR count). The lowest BCUT2D eigenvalue weighted by Gasteiger charge is -2.20. The van der Waals surface area contributed by atoms with Gasteiger partial charge < -0.3 is 14.8 Å². The third kappa shape index (κ3) is 5.87. The van der Waals surface area contributed by atoms with E-state index in [4.69, 9.17) is 21.1 Å². The first kappa shape index (κ1) is 21.9. The minimum Gasteiger partial charge on any atom is -0.444 e. The Morgan fingerprint density at radius 3 is 2.53 bits per heavy atom. The van der Waals surface area contributed by atoms with Crippen LogP contribution in [-0.4, -0.2) is 42.9 Å². The zero-order valence-corrected chi connectivity index (χ0v) is 18.3. The van der Waals surface area contributed by atoms with Crippen molar-refractivity contribution in [1.29, 1.82) is 0 Å². The lowest BCUT2D eigenvalue weighted by atomic mass is 10.2. The fourth-order valence-electron chi connectivity index (χ4n) is 2.71. The summed E-state index contributed by atoms with van der Waals surface area (Å²) in [5.41, 5.74) is 0.566. The van der Waals surface area contributed by atoms with E-state index in [9.17, 15) is 14.4 Å². The van der Waals surface area contributed by atoms with E-state index in [0.29, 0.717) is 27.1 Å². The predicted molar refractivity (Wildman–Crippen MR) is 116 cm³/mol. The highest BCUT2D eigenvalue weighted by Crippen LogP contribution is 2.24. The monoisotopic (exact) mass is 451 g/mol. The number of benzene rings is 1. The number of thiophene rings is 1. The lowest BCUT2D eigenvalue weighted by molar-refractivity contribution is 0.0635. The molecule has 2 aromatic rings. The molecule has 0 spiro atoms. The summed E-state index contributed by atoms with van der Waals surface area (Å²) in [5, 5.41) is 5.38. The van der Waals surface area contributed by atoms with Crippen LogP contribution in [0.25, 0.3) is 0 Å². The molecule has 0 radical (unpaired) electrons. The summed E-state index contributed by atoms with van der Waals surface area (Å²) in [5.74, 6) is -0.265. The first-order valence-electron chi connectivity index (χ1n) is 9.22. The number of amides is 3. The average Bonchev–Trinajstić information content (AvgIpc) is 3.24. The molecule has 0 bridgehead atoms. The summed E-state index contributed by atoms with van der Waals surface area (Å²) in [6.07, 6.45) is -1.53. The van der Waals surface area contributed by atoms with Gasteiger partial charge in [-0.1, -0.05) is 11.6 Å². The van der Waals surface area contributed by atoms with Gasteiger partial charge in [0.2, 0.25) is 0 Å².